The fourth-order valence-corrected chi connectivity index (χ4v) is 2.65. The van der Waals surface area contributed by atoms with E-state index >= 15 is 0 Å². The fraction of sp³-hybridized carbons (Fsp3) is 0.462. The predicted octanol–water partition coefficient (Wildman–Crippen LogP) is 2.08. The summed E-state index contributed by atoms with van der Waals surface area (Å²) >= 11 is 0. The molecule has 1 aliphatic rings. The largest absolute Gasteiger partial charge is 0.382 e. The molecule has 0 radical (unpaired) electrons. The maximum atomic E-state index is 5.97. The Morgan fingerprint density at radius 2 is 2.06 bits per heavy atom. The second kappa shape index (κ2) is 3.95. The molecular weight excluding hydrogens is 212 g/mol. The molecule has 0 atom stereocenters. The lowest BCUT2D eigenvalue weighted by Gasteiger charge is -2.20. The number of nitrogen functional groups attached to an aromatic ring is 1. The molecule has 1 fully saturated rings. The van der Waals surface area contributed by atoms with E-state index in [1.807, 2.05) is 6.07 Å². The van der Waals surface area contributed by atoms with Crippen LogP contribution in [0.4, 0.5) is 11.6 Å². The Hall–Kier alpha value is -1.71. The van der Waals surface area contributed by atoms with Gasteiger partial charge in [-0.15, -0.1) is 0 Å². The standard InChI is InChI=1S/C13H18N4/c1-2-11-15-13(14)10-6-5-7-12(17(10)11)16-8-3-4-9-16/h5-7H,2-4,8-9,14H2,1H3. The number of pyridine rings is 1. The van der Waals surface area contributed by atoms with Gasteiger partial charge in [-0.05, 0) is 25.0 Å². The molecule has 1 aliphatic heterocycles. The first kappa shape index (κ1) is 10.4. The molecule has 90 valence electrons. The normalized spacial score (nSPS) is 15.9. The molecule has 4 heteroatoms. The van der Waals surface area contributed by atoms with Gasteiger partial charge in [0, 0.05) is 19.5 Å². The Kier molecular flexibility index (Phi) is 2.42. The van der Waals surface area contributed by atoms with Crippen LogP contribution >= 0.6 is 0 Å². The first-order chi connectivity index (χ1) is 8.31. The Morgan fingerprint density at radius 3 is 2.76 bits per heavy atom. The van der Waals surface area contributed by atoms with Crippen LogP contribution in [0.1, 0.15) is 25.6 Å². The number of aryl methyl sites for hydroxylation is 1. The van der Waals surface area contributed by atoms with Crippen LogP contribution < -0.4 is 10.6 Å². The smallest absolute Gasteiger partial charge is 0.149 e. The van der Waals surface area contributed by atoms with Gasteiger partial charge in [0.15, 0.2) is 0 Å². The van der Waals surface area contributed by atoms with Crippen molar-refractivity contribution in [2.24, 2.45) is 0 Å². The fourth-order valence-electron chi connectivity index (χ4n) is 2.65. The van der Waals surface area contributed by atoms with Crippen molar-refractivity contribution in [3.8, 4) is 0 Å². The molecule has 0 spiro atoms. The average molecular weight is 230 g/mol. The molecular formula is C13H18N4. The zero-order chi connectivity index (χ0) is 11.8. The number of nitrogens with two attached hydrogens (primary N) is 1. The third-order valence-corrected chi connectivity index (χ3v) is 3.49. The van der Waals surface area contributed by atoms with Gasteiger partial charge in [-0.25, -0.2) is 4.98 Å². The highest BCUT2D eigenvalue weighted by atomic mass is 15.3. The van der Waals surface area contributed by atoms with Crippen LogP contribution in [0.3, 0.4) is 0 Å². The molecule has 0 saturated carbocycles. The number of rotatable bonds is 2. The van der Waals surface area contributed by atoms with Crippen molar-refractivity contribution in [2.75, 3.05) is 23.7 Å². The van der Waals surface area contributed by atoms with Crippen LogP contribution in [0.25, 0.3) is 5.52 Å². The number of aromatic nitrogens is 2. The number of hydrogen-bond acceptors (Lipinski definition) is 3. The van der Waals surface area contributed by atoms with Crippen LogP contribution in [0.2, 0.25) is 0 Å². The van der Waals surface area contributed by atoms with Gasteiger partial charge in [-0.3, -0.25) is 4.40 Å². The summed E-state index contributed by atoms with van der Waals surface area (Å²) in [4.78, 5) is 6.88. The maximum absolute atomic E-state index is 5.97. The quantitative estimate of drug-likeness (QED) is 0.859. The summed E-state index contributed by atoms with van der Waals surface area (Å²) in [5, 5.41) is 0. The van der Waals surface area contributed by atoms with Gasteiger partial charge in [0.2, 0.25) is 0 Å². The van der Waals surface area contributed by atoms with E-state index in [1.165, 1.54) is 18.7 Å². The van der Waals surface area contributed by atoms with Crippen molar-refractivity contribution < 1.29 is 0 Å². The highest BCUT2D eigenvalue weighted by molar-refractivity contribution is 5.70. The Morgan fingerprint density at radius 1 is 1.29 bits per heavy atom. The van der Waals surface area contributed by atoms with Crippen LogP contribution in [-0.2, 0) is 6.42 Å². The van der Waals surface area contributed by atoms with E-state index in [0.29, 0.717) is 5.82 Å². The zero-order valence-electron chi connectivity index (χ0n) is 10.2. The summed E-state index contributed by atoms with van der Waals surface area (Å²) in [5.41, 5.74) is 7.00. The van der Waals surface area contributed by atoms with E-state index in [9.17, 15) is 0 Å². The minimum Gasteiger partial charge on any atom is -0.382 e. The van der Waals surface area contributed by atoms with Gasteiger partial charge in [-0.1, -0.05) is 13.0 Å². The second-order valence-electron chi connectivity index (χ2n) is 4.57. The lowest BCUT2D eigenvalue weighted by atomic mass is 10.3. The van der Waals surface area contributed by atoms with Crippen molar-refractivity contribution in [2.45, 2.75) is 26.2 Å². The van der Waals surface area contributed by atoms with Gasteiger partial charge < -0.3 is 10.6 Å². The van der Waals surface area contributed by atoms with Gasteiger partial charge in [0.1, 0.15) is 17.5 Å². The summed E-state index contributed by atoms with van der Waals surface area (Å²) in [6, 6.07) is 6.28. The Labute approximate surface area is 101 Å². The third kappa shape index (κ3) is 1.55. The van der Waals surface area contributed by atoms with Gasteiger partial charge in [0.05, 0.1) is 5.52 Å². The summed E-state index contributed by atoms with van der Waals surface area (Å²) < 4.78 is 2.21. The predicted molar refractivity (Wildman–Crippen MR) is 70.4 cm³/mol. The molecule has 0 amide bonds. The molecule has 2 aromatic heterocycles. The molecule has 0 unspecified atom stereocenters. The van der Waals surface area contributed by atoms with Crippen molar-refractivity contribution in [3.05, 3.63) is 24.0 Å². The minimum absolute atomic E-state index is 0.642. The molecule has 3 heterocycles. The molecule has 1 saturated heterocycles. The molecule has 0 bridgehead atoms. The molecule has 2 aromatic rings. The van der Waals surface area contributed by atoms with Gasteiger partial charge in [0.25, 0.3) is 0 Å². The summed E-state index contributed by atoms with van der Waals surface area (Å²) in [6.07, 6.45) is 3.47. The maximum Gasteiger partial charge on any atom is 0.149 e. The van der Waals surface area contributed by atoms with Crippen molar-refractivity contribution in [1.29, 1.82) is 0 Å². The molecule has 0 aromatic carbocycles. The second-order valence-corrected chi connectivity index (χ2v) is 4.57. The summed E-state index contributed by atoms with van der Waals surface area (Å²) in [5.74, 6) is 2.93. The van der Waals surface area contributed by atoms with E-state index in [0.717, 1.165) is 30.9 Å². The van der Waals surface area contributed by atoms with Gasteiger partial charge in [-0.2, -0.15) is 0 Å². The lowest BCUT2D eigenvalue weighted by Crippen LogP contribution is -2.21. The lowest BCUT2D eigenvalue weighted by molar-refractivity contribution is 0.870. The molecule has 2 N–H and O–H groups in total. The highest BCUT2D eigenvalue weighted by Crippen LogP contribution is 2.26. The van der Waals surface area contributed by atoms with Crippen molar-refractivity contribution >= 4 is 17.2 Å². The van der Waals surface area contributed by atoms with Crippen molar-refractivity contribution in [3.63, 3.8) is 0 Å². The van der Waals surface area contributed by atoms with Crippen molar-refractivity contribution in [1.82, 2.24) is 9.38 Å². The number of imidazole rings is 1. The molecule has 17 heavy (non-hydrogen) atoms. The molecule has 3 rings (SSSR count). The Balaban J connectivity index is 2.22. The highest BCUT2D eigenvalue weighted by Gasteiger charge is 2.17. The summed E-state index contributed by atoms with van der Waals surface area (Å²) in [7, 11) is 0. The van der Waals surface area contributed by atoms with E-state index in [1.54, 1.807) is 0 Å². The van der Waals surface area contributed by atoms with Crippen LogP contribution in [-0.4, -0.2) is 22.5 Å². The minimum atomic E-state index is 0.642. The first-order valence-electron chi connectivity index (χ1n) is 6.32. The first-order valence-corrected chi connectivity index (χ1v) is 6.32. The van der Waals surface area contributed by atoms with E-state index in [2.05, 4.69) is 33.3 Å². The number of anilines is 2. The Bertz CT molecular complexity index is 538. The monoisotopic (exact) mass is 230 g/mol. The number of hydrogen-bond donors (Lipinski definition) is 1. The SMILES string of the molecule is CCc1nc(N)c2cccc(N3CCCC3)n12. The number of fused-ring (bicyclic) bond motifs is 1. The third-order valence-electron chi connectivity index (χ3n) is 3.49. The van der Waals surface area contributed by atoms with Gasteiger partial charge >= 0.3 is 0 Å². The van der Waals surface area contributed by atoms with E-state index in [-0.39, 0.29) is 0 Å². The number of nitrogens with zero attached hydrogens (tertiary/aromatic N) is 3. The summed E-state index contributed by atoms with van der Waals surface area (Å²) in [6.45, 7) is 4.40. The average Bonchev–Trinajstić information content (AvgIpc) is 2.97. The van der Waals surface area contributed by atoms with E-state index in [4.69, 9.17) is 5.73 Å². The molecule has 4 nitrogen and oxygen atoms in total. The van der Waals surface area contributed by atoms with Crippen LogP contribution in [0, 0.1) is 0 Å². The van der Waals surface area contributed by atoms with E-state index < -0.39 is 0 Å². The molecule has 0 aliphatic carbocycles. The zero-order valence-corrected chi connectivity index (χ0v) is 10.2. The van der Waals surface area contributed by atoms with Crippen LogP contribution in [0.15, 0.2) is 18.2 Å². The van der Waals surface area contributed by atoms with Crippen LogP contribution in [0.5, 0.6) is 0 Å². The topological polar surface area (TPSA) is 46.6 Å².